The predicted molar refractivity (Wildman–Crippen MR) is 111 cm³/mol. The van der Waals surface area contributed by atoms with Crippen LogP contribution in [-0.2, 0) is 31.1 Å². The molecule has 9 heteroatoms. The van der Waals surface area contributed by atoms with Gasteiger partial charge >= 0.3 is 0 Å². The van der Waals surface area contributed by atoms with Crippen LogP contribution in [-0.4, -0.2) is 40.8 Å². The second-order valence-electron chi connectivity index (χ2n) is 7.20. The highest BCUT2D eigenvalue weighted by Crippen LogP contribution is 2.30. The third-order valence-corrected chi connectivity index (χ3v) is 7.36. The average Bonchev–Trinajstić information content (AvgIpc) is 3.08. The molecule has 29 heavy (non-hydrogen) atoms. The second kappa shape index (κ2) is 8.64. The van der Waals surface area contributed by atoms with Gasteiger partial charge in [0.1, 0.15) is 15.9 Å². The third-order valence-electron chi connectivity index (χ3n) is 4.89. The molecule has 0 unspecified atom stereocenters. The third kappa shape index (κ3) is 5.65. The standard InChI is InChI=1S/C20H24N2O5S2/c1-28(24,25)14-13-19(22-29(26,27)16-8-3-2-4-9-16)20(23)21-18-12-11-15-7-5-6-10-17(15)18/h2-10,18-19,22H,11-14H2,1H3,(H,21,23)/t18-,19-/m1/s1. The van der Waals surface area contributed by atoms with Crippen molar-refractivity contribution >= 4 is 25.8 Å². The van der Waals surface area contributed by atoms with Crippen molar-refractivity contribution in [3.63, 3.8) is 0 Å². The molecule has 156 valence electrons. The lowest BCUT2D eigenvalue weighted by molar-refractivity contribution is -0.123. The zero-order chi connectivity index (χ0) is 21.1. The lowest BCUT2D eigenvalue weighted by atomic mass is 10.1. The number of carbonyl (C=O) groups excluding carboxylic acids is 1. The predicted octanol–water partition coefficient (Wildman–Crippen LogP) is 1.57. The first-order valence-electron chi connectivity index (χ1n) is 9.29. The van der Waals surface area contributed by atoms with Crippen LogP contribution in [0.4, 0.5) is 0 Å². The number of benzene rings is 2. The van der Waals surface area contributed by atoms with Gasteiger partial charge < -0.3 is 5.32 Å². The van der Waals surface area contributed by atoms with Crippen molar-refractivity contribution in [3.8, 4) is 0 Å². The molecule has 2 N–H and O–H groups in total. The van der Waals surface area contributed by atoms with Crippen molar-refractivity contribution < 1.29 is 21.6 Å². The van der Waals surface area contributed by atoms with Crippen molar-refractivity contribution in [1.82, 2.24) is 10.0 Å². The molecular formula is C20H24N2O5S2. The highest BCUT2D eigenvalue weighted by molar-refractivity contribution is 7.90. The number of fused-ring (bicyclic) bond motifs is 1. The number of amides is 1. The Morgan fingerprint density at radius 2 is 1.69 bits per heavy atom. The number of hydrogen-bond donors (Lipinski definition) is 2. The van der Waals surface area contributed by atoms with E-state index in [0.29, 0.717) is 0 Å². The highest BCUT2D eigenvalue weighted by atomic mass is 32.2. The minimum absolute atomic E-state index is 0.0170. The van der Waals surface area contributed by atoms with Gasteiger partial charge in [-0.15, -0.1) is 0 Å². The van der Waals surface area contributed by atoms with E-state index in [1.165, 1.54) is 12.1 Å². The minimum atomic E-state index is -3.97. The molecule has 0 aliphatic heterocycles. The van der Waals surface area contributed by atoms with Crippen molar-refractivity contribution in [2.75, 3.05) is 12.0 Å². The number of rotatable bonds is 8. The number of sulfone groups is 1. The van der Waals surface area contributed by atoms with Crippen LogP contribution in [0.3, 0.4) is 0 Å². The SMILES string of the molecule is CS(=O)(=O)CC[C@@H](NS(=O)(=O)c1ccccc1)C(=O)N[C@@H]1CCc2ccccc21. The molecule has 1 amide bonds. The summed E-state index contributed by atoms with van der Waals surface area (Å²) in [5.41, 5.74) is 2.16. The summed E-state index contributed by atoms with van der Waals surface area (Å²) in [6.45, 7) is 0. The quantitative estimate of drug-likeness (QED) is 0.653. The topological polar surface area (TPSA) is 109 Å². The molecule has 0 fully saturated rings. The zero-order valence-corrected chi connectivity index (χ0v) is 17.7. The van der Waals surface area contributed by atoms with Crippen LogP contribution in [0.1, 0.15) is 30.0 Å². The first-order valence-corrected chi connectivity index (χ1v) is 12.8. The first kappa shape index (κ1) is 21.5. The van der Waals surface area contributed by atoms with E-state index in [1.807, 2.05) is 24.3 Å². The van der Waals surface area contributed by atoms with Gasteiger partial charge in [0.15, 0.2) is 0 Å². The molecule has 1 aliphatic carbocycles. The molecule has 0 bridgehead atoms. The Kier molecular flexibility index (Phi) is 6.40. The smallest absolute Gasteiger partial charge is 0.241 e. The maximum absolute atomic E-state index is 12.9. The molecule has 0 saturated carbocycles. The lowest BCUT2D eigenvalue weighted by Gasteiger charge is -2.21. The number of sulfonamides is 1. The van der Waals surface area contributed by atoms with E-state index in [2.05, 4.69) is 10.0 Å². The molecule has 2 aromatic carbocycles. The van der Waals surface area contributed by atoms with E-state index < -0.39 is 31.8 Å². The number of carbonyl (C=O) groups is 1. The summed E-state index contributed by atoms with van der Waals surface area (Å²) in [6.07, 6.45) is 2.45. The van der Waals surface area contributed by atoms with Crippen LogP contribution >= 0.6 is 0 Å². The average molecular weight is 437 g/mol. The van der Waals surface area contributed by atoms with Gasteiger partial charge in [0.25, 0.3) is 0 Å². The van der Waals surface area contributed by atoms with Gasteiger partial charge in [-0.25, -0.2) is 16.8 Å². The van der Waals surface area contributed by atoms with Gasteiger partial charge in [-0.3, -0.25) is 4.79 Å². The van der Waals surface area contributed by atoms with E-state index in [4.69, 9.17) is 0 Å². The summed E-state index contributed by atoms with van der Waals surface area (Å²) in [7, 11) is -7.34. The van der Waals surface area contributed by atoms with Gasteiger partial charge in [0.2, 0.25) is 15.9 Å². The fraction of sp³-hybridized carbons (Fsp3) is 0.350. The molecule has 7 nitrogen and oxygen atoms in total. The van der Waals surface area contributed by atoms with Crippen LogP contribution in [0.5, 0.6) is 0 Å². The Hall–Kier alpha value is -2.23. The van der Waals surface area contributed by atoms with E-state index >= 15 is 0 Å². The minimum Gasteiger partial charge on any atom is -0.348 e. The Morgan fingerprint density at radius 3 is 2.38 bits per heavy atom. The normalized spacial score (nSPS) is 17.5. The van der Waals surface area contributed by atoms with Gasteiger partial charge in [-0.1, -0.05) is 42.5 Å². The van der Waals surface area contributed by atoms with Crippen LogP contribution in [0.2, 0.25) is 0 Å². The van der Waals surface area contributed by atoms with Gasteiger partial charge in [-0.2, -0.15) is 4.72 Å². The largest absolute Gasteiger partial charge is 0.348 e. The van der Waals surface area contributed by atoms with E-state index in [-0.39, 0.29) is 23.1 Å². The molecular weight excluding hydrogens is 412 g/mol. The summed E-state index contributed by atoms with van der Waals surface area (Å²) < 4.78 is 50.9. The Balaban J connectivity index is 1.79. The Labute approximate surface area is 171 Å². The second-order valence-corrected chi connectivity index (χ2v) is 11.2. The zero-order valence-electron chi connectivity index (χ0n) is 16.0. The molecule has 0 spiro atoms. The summed E-state index contributed by atoms with van der Waals surface area (Å²) in [4.78, 5) is 12.9. The van der Waals surface area contributed by atoms with E-state index in [1.54, 1.807) is 18.2 Å². The maximum atomic E-state index is 12.9. The fourth-order valence-electron chi connectivity index (χ4n) is 3.41. The van der Waals surface area contributed by atoms with E-state index in [0.717, 1.165) is 30.2 Å². The van der Waals surface area contributed by atoms with Crippen molar-refractivity contribution in [2.45, 2.75) is 36.2 Å². The highest BCUT2D eigenvalue weighted by Gasteiger charge is 2.30. The van der Waals surface area contributed by atoms with Crippen molar-refractivity contribution in [1.29, 1.82) is 0 Å². The molecule has 0 aromatic heterocycles. The first-order chi connectivity index (χ1) is 13.7. The van der Waals surface area contributed by atoms with Gasteiger partial charge in [-0.05, 0) is 42.5 Å². The Morgan fingerprint density at radius 1 is 1.03 bits per heavy atom. The van der Waals surface area contributed by atoms with Crippen LogP contribution in [0.25, 0.3) is 0 Å². The van der Waals surface area contributed by atoms with Crippen LogP contribution in [0, 0.1) is 0 Å². The molecule has 2 aromatic rings. The number of hydrogen-bond acceptors (Lipinski definition) is 5. The van der Waals surface area contributed by atoms with Crippen LogP contribution in [0.15, 0.2) is 59.5 Å². The monoisotopic (exact) mass is 436 g/mol. The molecule has 0 saturated heterocycles. The molecule has 2 atom stereocenters. The molecule has 0 heterocycles. The molecule has 0 radical (unpaired) electrons. The fourth-order valence-corrected chi connectivity index (χ4v) is 5.32. The summed E-state index contributed by atoms with van der Waals surface area (Å²) >= 11 is 0. The summed E-state index contributed by atoms with van der Waals surface area (Å²) in [5, 5.41) is 2.88. The summed E-state index contributed by atoms with van der Waals surface area (Å²) in [5.74, 6) is -0.834. The maximum Gasteiger partial charge on any atom is 0.241 e. The van der Waals surface area contributed by atoms with Gasteiger partial charge in [0.05, 0.1) is 16.7 Å². The molecule has 1 aliphatic rings. The van der Waals surface area contributed by atoms with Crippen LogP contribution < -0.4 is 10.0 Å². The number of aryl methyl sites for hydroxylation is 1. The van der Waals surface area contributed by atoms with Gasteiger partial charge in [0, 0.05) is 6.26 Å². The number of nitrogens with one attached hydrogen (secondary N) is 2. The Bertz CT molecular complexity index is 1080. The lowest BCUT2D eigenvalue weighted by Crippen LogP contribution is -2.48. The molecule has 3 rings (SSSR count). The van der Waals surface area contributed by atoms with Crippen molar-refractivity contribution in [2.24, 2.45) is 0 Å². The van der Waals surface area contributed by atoms with Crippen molar-refractivity contribution in [3.05, 3.63) is 65.7 Å². The van der Waals surface area contributed by atoms with E-state index in [9.17, 15) is 21.6 Å². The summed E-state index contributed by atoms with van der Waals surface area (Å²) in [6, 6.07) is 14.0.